The molecule has 0 saturated carbocycles. The zero-order chi connectivity index (χ0) is 17.8. The zero-order valence-electron chi connectivity index (χ0n) is 14.8. The SMILES string of the molecule is CCCCOc1ccc(-c2ccc(-c3nc4ccccc4o3)cc2)cc1. The molecule has 26 heavy (non-hydrogen) atoms. The van der Waals surface area contributed by atoms with Gasteiger partial charge >= 0.3 is 0 Å². The van der Waals surface area contributed by atoms with Gasteiger partial charge < -0.3 is 9.15 Å². The molecular weight excluding hydrogens is 322 g/mol. The van der Waals surface area contributed by atoms with Crippen molar-refractivity contribution in [2.45, 2.75) is 19.8 Å². The summed E-state index contributed by atoms with van der Waals surface area (Å²) in [5, 5.41) is 0. The van der Waals surface area contributed by atoms with Gasteiger partial charge in [0.25, 0.3) is 0 Å². The average Bonchev–Trinajstić information content (AvgIpc) is 3.13. The van der Waals surface area contributed by atoms with Crippen molar-refractivity contribution in [3.05, 3.63) is 72.8 Å². The van der Waals surface area contributed by atoms with E-state index < -0.39 is 0 Å². The molecule has 0 saturated heterocycles. The van der Waals surface area contributed by atoms with Crippen LogP contribution in [-0.4, -0.2) is 11.6 Å². The van der Waals surface area contributed by atoms with Gasteiger partial charge in [-0.15, -0.1) is 0 Å². The van der Waals surface area contributed by atoms with E-state index in [1.54, 1.807) is 0 Å². The number of fused-ring (bicyclic) bond motifs is 1. The smallest absolute Gasteiger partial charge is 0.227 e. The van der Waals surface area contributed by atoms with E-state index >= 15 is 0 Å². The minimum absolute atomic E-state index is 0.650. The molecule has 0 aliphatic heterocycles. The number of oxazole rings is 1. The van der Waals surface area contributed by atoms with E-state index in [0.717, 1.165) is 53.0 Å². The molecule has 3 nitrogen and oxygen atoms in total. The first-order valence-electron chi connectivity index (χ1n) is 9.03. The predicted octanol–water partition coefficient (Wildman–Crippen LogP) is 6.34. The monoisotopic (exact) mass is 343 g/mol. The molecule has 3 aromatic carbocycles. The molecule has 4 rings (SSSR count). The first-order chi connectivity index (χ1) is 12.8. The van der Waals surface area contributed by atoms with Crippen molar-refractivity contribution in [1.29, 1.82) is 0 Å². The standard InChI is InChI=1S/C23H21NO2/c1-2-3-16-25-20-14-12-18(13-15-20)17-8-10-19(11-9-17)23-24-21-6-4-5-7-22(21)26-23/h4-15H,2-3,16H2,1H3. The van der Waals surface area contributed by atoms with E-state index in [0.29, 0.717) is 5.89 Å². The quantitative estimate of drug-likeness (QED) is 0.383. The number of rotatable bonds is 6. The van der Waals surface area contributed by atoms with Gasteiger partial charge in [0.2, 0.25) is 5.89 Å². The Morgan fingerprint density at radius 1 is 0.808 bits per heavy atom. The Bertz CT molecular complexity index is 952. The Balaban J connectivity index is 1.52. The number of aromatic nitrogens is 1. The molecule has 0 aliphatic rings. The lowest BCUT2D eigenvalue weighted by molar-refractivity contribution is 0.309. The predicted molar refractivity (Wildman–Crippen MR) is 105 cm³/mol. The van der Waals surface area contributed by atoms with E-state index in [-0.39, 0.29) is 0 Å². The van der Waals surface area contributed by atoms with Crippen molar-refractivity contribution in [3.8, 4) is 28.3 Å². The summed E-state index contributed by atoms with van der Waals surface area (Å²) in [6.07, 6.45) is 2.23. The summed E-state index contributed by atoms with van der Waals surface area (Å²) in [5.41, 5.74) is 4.99. The summed E-state index contributed by atoms with van der Waals surface area (Å²) < 4.78 is 11.6. The van der Waals surface area contributed by atoms with E-state index in [1.165, 1.54) is 0 Å². The molecule has 0 spiro atoms. The van der Waals surface area contributed by atoms with Crippen LogP contribution in [0.2, 0.25) is 0 Å². The van der Waals surface area contributed by atoms with Gasteiger partial charge in [0.15, 0.2) is 5.58 Å². The Morgan fingerprint density at radius 2 is 1.46 bits per heavy atom. The third-order valence-corrected chi connectivity index (χ3v) is 4.38. The number of unbranched alkanes of at least 4 members (excludes halogenated alkanes) is 1. The molecule has 3 heteroatoms. The molecule has 0 bridgehead atoms. The molecule has 4 aromatic rings. The fourth-order valence-electron chi connectivity index (χ4n) is 2.88. The lowest BCUT2D eigenvalue weighted by atomic mass is 10.0. The van der Waals surface area contributed by atoms with E-state index in [9.17, 15) is 0 Å². The fraction of sp³-hybridized carbons (Fsp3) is 0.174. The Kier molecular flexibility index (Phi) is 4.69. The van der Waals surface area contributed by atoms with Gasteiger partial charge in [-0.3, -0.25) is 0 Å². The third-order valence-electron chi connectivity index (χ3n) is 4.38. The van der Waals surface area contributed by atoms with Gasteiger partial charge in [-0.2, -0.15) is 0 Å². The van der Waals surface area contributed by atoms with Crippen molar-refractivity contribution in [3.63, 3.8) is 0 Å². The topological polar surface area (TPSA) is 35.3 Å². The summed E-state index contributed by atoms with van der Waals surface area (Å²) in [4.78, 5) is 4.55. The van der Waals surface area contributed by atoms with Crippen molar-refractivity contribution >= 4 is 11.1 Å². The number of nitrogens with zero attached hydrogens (tertiary/aromatic N) is 1. The summed E-state index contributed by atoms with van der Waals surface area (Å²) in [5.74, 6) is 1.57. The molecule has 0 aliphatic carbocycles. The second-order valence-corrected chi connectivity index (χ2v) is 6.29. The second-order valence-electron chi connectivity index (χ2n) is 6.29. The summed E-state index contributed by atoms with van der Waals surface area (Å²) in [7, 11) is 0. The van der Waals surface area contributed by atoms with Crippen molar-refractivity contribution in [1.82, 2.24) is 4.98 Å². The number of hydrogen-bond donors (Lipinski definition) is 0. The summed E-state index contributed by atoms with van der Waals surface area (Å²) in [6.45, 7) is 2.94. The highest BCUT2D eigenvalue weighted by Gasteiger charge is 2.08. The first-order valence-corrected chi connectivity index (χ1v) is 9.03. The summed E-state index contributed by atoms with van der Waals surface area (Å²) in [6, 6.07) is 24.3. The molecule has 0 N–H and O–H groups in total. The van der Waals surface area contributed by atoms with E-state index in [1.807, 2.05) is 48.5 Å². The van der Waals surface area contributed by atoms with Gasteiger partial charge in [0, 0.05) is 5.56 Å². The third kappa shape index (κ3) is 3.47. The van der Waals surface area contributed by atoms with Crippen LogP contribution in [0.15, 0.2) is 77.2 Å². The number of para-hydroxylation sites is 2. The molecule has 0 atom stereocenters. The highest BCUT2D eigenvalue weighted by molar-refractivity contribution is 5.76. The minimum Gasteiger partial charge on any atom is -0.494 e. The highest BCUT2D eigenvalue weighted by Crippen LogP contribution is 2.28. The lowest BCUT2D eigenvalue weighted by Crippen LogP contribution is -1.95. The lowest BCUT2D eigenvalue weighted by Gasteiger charge is -2.07. The van der Waals surface area contributed by atoms with Crippen LogP contribution in [0.25, 0.3) is 33.7 Å². The maximum Gasteiger partial charge on any atom is 0.227 e. The molecule has 1 aromatic heterocycles. The molecular formula is C23H21NO2. The van der Waals surface area contributed by atoms with Gasteiger partial charge in [-0.25, -0.2) is 4.98 Å². The maximum absolute atomic E-state index is 5.83. The molecule has 0 amide bonds. The van der Waals surface area contributed by atoms with E-state index in [4.69, 9.17) is 9.15 Å². The molecule has 0 unspecified atom stereocenters. The van der Waals surface area contributed by atoms with Crippen molar-refractivity contribution in [2.24, 2.45) is 0 Å². The molecule has 130 valence electrons. The Hall–Kier alpha value is -3.07. The second kappa shape index (κ2) is 7.44. The van der Waals surface area contributed by atoms with Crippen LogP contribution in [-0.2, 0) is 0 Å². The van der Waals surface area contributed by atoms with Crippen LogP contribution in [0, 0.1) is 0 Å². The van der Waals surface area contributed by atoms with Crippen LogP contribution in [0.5, 0.6) is 5.75 Å². The highest BCUT2D eigenvalue weighted by atomic mass is 16.5. The Morgan fingerprint density at radius 3 is 2.15 bits per heavy atom. The average molecular weight is 343 g/mol. The fourth-order valence-corrected chi connectivity index (χ4v) is 2.88. The van der Waals surface area contributed by atoms with Crippen molar-refractivity contribution in [2.75, 3.05) is 6.61 Å². The number of hydrogen-bond acceptors (Lipinski definition) is 3. The van der Waals surface area contributed by atoms with Gasteiger partial charge in [0.1, 0.15) is 11.3 Å². The van der Waals surface area contributed by atoms with Gasteiger partial charge in [-0.05, 0) is 53.9 Å². The Labute approximate surface area is 153 Å². The van der Waals surface area contributed by atoms with Gasteiger partial charge in [0.05, 0.1) is 6.61 Å². The molecule has 1 heterocycles. The number of ether oxygens (including phenoxy) is 1. The van der Waals surface area contributed by atoms with Crippen LogP contribution in [0.4, 0.5) is 0 Å². The van der Waals surface area contributed by atoms with Crippen LogP contribution in [0.3, 0.4) is 0 Å². The normalized spacial score (nSPS) is 11.0. The maximum atomic E-state index is 5.83. The zero-order valence-corrected chi connectivity index (χ0v) is 14.8. The minimum atomic E-state index is 0.650. The van der Waals surface area contributed by atoms with Gasteiger partial charge in [-0.1, -0.05) is 49.7 Å². The molecule has 0 radical (unpaired) electrons. The van der Waals surface area contributed by atoms with Crippen LogP contribution < -0.4 is 4.74 Å². The van der Waals surface area contributed by atoms with E-state index in [2.05, 4.69) is 36.2 Å². The van der Waals surface area contributed by atoms with Crippen molar-refractivity contribution < 1.29 is 9.15 Å². The summed E-state index contributed by atoms with van der Waals surface area (Å²) >= 11 is 0. The largest absolute Gasteiger partial charge is 0.494 e. The van der Waals surface area contributed by atoms with Crippen LogP contribution in [0.1, 0.15) is 19.8 Å². The molecule has 0 fully saturated rings. The van der Waals surface area contributed by atoms with Crippen LogP contribution >= 0.6 is 0 Å². The first kappa shape index (κ1) is 16.4. The number of benzene rings is 3.